The Morgan fingerprint density at radius 2 is 2.25 bits per heavy atom. The van der Waals surface area contributed by atoms with Crippen LogP contribution in [0.2, 0.25) is 0 Å². The molecule has 0 amide bonds. The average Bonchev–Trinajstić information content (AvgIpc) is 2.86. The predicted octanol–water partition coefficient (Wildman–Crippen LogP) is 2.28. The third-order valence-corrected chi connectivity index (χ3v) is 2.29. The zero-order valence-corrected chi connectivity index (χ0v) is 7.50. The van der Waals surface area contributed by atoms with Crippen molar-refractivity contribution in [1.29, 1.82) is 0 Å². The zero-order chi connectivity index (χ0) is 8.55. The van der Waals surface area contributed by atoms with Gasteiger partial charge in [0.05, 0.1) is 7.11 Å². The minimum Gasteiger partial charge on any atom is -0.481 e. The van der Waals surface area contributed by atoms with Crippen LogP contribution in [0.4, 0.5) is 0 Å². The zero-order valence-electron chi connectivity index (χ0n) is 7.50. The van der Waals surface area contributed by atoms with Crippen LogP contribution in [-0.4, -0.2) is 12.1 Å². The van der Waals surface area contributed by atoms with E-state index in [1.54, 1.807) is 7.11 Å². The molecule has 64 valence electrons. The molecule has 0 bridgehead atoms. The molecular weight excluding hydrogens is 150 g/mol. The van der Waals surface area contributed by atoms with Gasteiger partial charge in [0.15, 0.2) is 0 Å². The highest BCUT2D eigenvalue weighted by molar-refractivity contribution is 5.32. The van der Waals surface area contributed by atoms with E-state index in [1.165, 1.54) is 18.4 Å². The summed E-state index contributed by atoms with van der Waals surface area (Å²) < 4.78 is 5.09. The summed E-state index contributed by atoms with van der Waals surface area (Å²) in [6.07, 6.45) is 4.59. The van der Waals surface area contributed by atoms with Crippen molar-refractivity contribution in [1.82, 2.24) is 4.98 Å². The largest absolute Gasteiger partial charge is 0.481 e. The maximum Gasteiger partial charge on any atom is 0.215 e. The van der Waals surface area contributed by atoms with Crippen LogP contribution >= 0.6 is 0 Å². The van der Waals surface area contributed by atoms with Gasteiger partial charge >= 0.3 is 0 Å². The van der Waals surface area contributed by atoms with Crippen LogP contribution in [0.3, 0.4) is 0 Å². The third kappa shape index (κ3) is 1.29. The predicted molar refractivity (Wildman–Crippen MR) is 47.5 cm³/mol. The number of hydrogen-bond donors (Lipinski definition) is 0. The van der Waals surface area contributed by atoms with Gasteiger partial charge in [-0.25, -0.2) is 4.98 Å². The molecule has 1 aromatic rings. The molecule has 2 heteroatoms. The number of rotatable bonds is 2. The van der Waals surface area contributed by atoms with Crippen LogP contribution in [0.5, 0.6) is 5.88 Å². The van der Waals surface area contributed by atoms with Gasteiger partial charge in [0.1, 0.15) is 0 Å². The van der Waals surface area contributed by atoms with Crippen LogP contribution in [-0.2, 0) is 0 Å². The number of pyridine rings is 1. The number of nitrogens with zero attached hydrogens (tertiary/aromatic N) is 1. The van der Waals surface area contributed by atoms with E-state index < -0.39 is 0 Å². The monoisotopic (exact) mass is 163 g/mol. The molecule has 0 radical (unpaired) electrons. The van der Waals surface area contributed by atoms with Crippen molar-refractivity contribution in [2.24, 2.45) is 0 Å². The molecule has 2 rings (SSSR count). The van der Waals surface area contributed by atoms with E-state index in [-0.39, 0.29) is 0 Å². The minimum absolute atomic E-state index is 0.749. The van der Waals surface area contributed by atoms with Gasteiger partial charge in [0.25, 0.3) is 0 Å². The van der Waals surface area contributed by atoms with Crippen molar-refractivity contribution in [3.8, 4) is 5.88 Å². The van der Waals surface area contributed by atoms with E-state index >= 15 is 0 Å². The molecule has 2 nitrogen and oxygen atoms in total. The van der Waals surface area contributed by atoms with Crippen molar-refractivity contribution in [3.63, 3.8) is 0 Å². The topological polar surface area (TPSA) is 22.1 Å². The van der Waals surface area contributed by atoms with E-state index in [9.17, 15) is 0 Å². The summed E-state index contributed by atoms with van der Waals surface area (Å²) in [5, 5.41) is 0. The lowest BCUT2D eigenvalue weighted by molar-refractivity contribution is 0.394. The number of aromatic nitrogens is 1. The van der Waals surface area contributed by atoms with Crippen LogP contribution < -0.4 is 4.74 Å². The van der Waals surface area contributed by atoms with Crippen LogP contribution in [0, 0.1) is 6.92 Å². The highest BCUT2D eigenvalue weighted by atomic mass is 16.5. The van der Waals surface area contributed by atoms with Crippen molar-refractivity contribution in [2.45, 2.75) is 25.7 Å². The van der Waals surface area contributed by atoms with Gasteiger partial charge in [-0.1, -0.05) is 0 Å². The Morgan fingerprint density at radius 1 is 1.50 bits per heavy atom. The second-order valence-electron chi connectivity index (χ2n) is 3.37. The Labute approximate surface area is 72.6 Å². The van der Waals surface area contributed by atoms with E-state index in [4.69, 9.17) is 4.74 Å². The second kappa shape index (κ2) is 2.77. The van der Waals surface area contributed by atoms with Crippen molar-refractivity contribution in [3.05, 3.63) is 23.4 Å². The Bertz CT molecular complexity index is 292. The Balaban J connectivity index is 2.30. The standard InChI is InChI=1S/C10H13NO/c1-7-5-9(8-3-4-8)6-11-10(7)12-2/h5-6,8H,3-4H2,1-2H3. The quantitative estimate of drug-likeness (QED) is 0.667. The summed E-state index contributed by atoms with van der Waals surface area (Å²) in [6.45, 7) is 2.04. The Hall–Kier alpha value is -1.05. The summed E-state index contributed by atoms with van der Waals surface area (Å²) in [5.41, 5.74) is 2.51. The fourth-order valence-electron chi connectivity index (χ4n) is 1.44. The third-order valence-electron chi connectivity index (χ3n) is 2.29. The molecule has 1 saturated carbocycles. The van der Waals surface area contributed by atoms with E-state index in [0.717, 1.165) is 17.4 Å². The van der Waals surface area contributed by atoms with Crippen LogP contribution in [0.15, 0.2) is 12.3 Å². The molecule has 12 heavy (non-hydrogen) atoms. The molecule has 0 spiro atoms. The smallest absolute Gasteiger partial charge is 0.215 e. The SMILES string of the molecule is COc1ncc(C2CC2)cc1C. The summed E-state index contributed by atoms with van der Waals surface area (Å²) in [6, 6.07) is 2.18. The molecule has 0 saturated heterocycles. The van der Waals surface area contributed by atoms with E-state index in [0.29, 0.717) is 0 Å². The molecule has 0 N–H and O–H groups in total. The Morgan fingerprint density at radius 3 is 2.75 bits per heavy atom. The van der Waals surface area contributed by atoms with Crippen molar-refractivity contribution in [2.75, 3.05) is 7.11 Å². The molecule has 0 aliphatic heterocycles. The number of ether oxygens (including phenoxy) is 1. The molecule has 1 aromatic heterocycles. The van der Waals surface area contributed by atoms with Gasteiger partial charge < -0.3 is 4.74 Å². The molecule has 1 aliphatic rings. The summed E-state index contributed by atoms with van der Waals surface area (Å²) >= 11 is 0. The fourth-order valence-corrected chi connectivity index (χ4v) is 1.44. The molecule has 0 unspecified atom stereocenters. The maximum absolute atomic E-state index is 5.09. The first-order valence-electron chi connectivity index (χ1n) is 4.32. The first-order valence-corrected chi connectivity index (χ1v) is 4.32. The van der Waals surface area contributed by atoms with Gasteiger partial charge in [-0.3, -0.25) is 0 Å². The number of hydrogen-bond acceptors (Lipinski definition) is 2. The van der Waals surface area contributed by atoms with Gasteiger partial charge in [-0.05, 0) is 37.3 Å². The minimum atomic E-state index is 0.749. The van der Waals surface area contributed by atoms with Crippen molar-refractivity contribution < 1.29 is 4.74 Å². The second-order valence-corrected chi connectivity index (χ2v) is 3.37. The van der Waals surface area contributed by atoms with Gasteiger partial charge in [-0.2, -0.15) is 0 Å². The van der Waals surface area contributed by atoms with Gasteiger partial charge in [0.2, 0.25) is 5.88 Å². The number of methoxy groups -OCH3 is 1. The average molecular weight is 163 g/mol. The first-order chi connectivity index (χ1) is 5.81. The number of aryl methyl sites for hydroxylation is 1. The lowest BCUT2D eigenvalue weighted by Gasteiger charge is -2.04. The molecule has 0 atom stereocenters. The lowest BCUT2D eigenvalue weighted by atomic mass is 10.1. The molecule has 1 heterocycles. The van der Waals surface area contributed by atoms with E-state index in [2.05, 4.69) is 11.1 Å². The van der Waals surface area contributed by atoms with Crippen molar-refractivity contribution >= 4 is 0 Å². The highest BCUT2D eigenvalue weighted by Gasteiger charge is 2.24. The summed E-state index contributed by atoms with van der Waals surface area (Å²) in [7, 11) is 1.66. The summed E-state index contributed by atoms with van der Waals surface area (Å²) in [5.74, 6) is 1.53. The Kier molecular flexibility index (Phi) is 1.75. The first kappa shape index (κ1) is 7.59. The fraction of sp³-hybridized carbons (Fsp3) is 0.500. The van der Waals surface area contributed by atoms with Crippen LogP contribution in [0.25, 0.3) is 0 Å². The van der Waals surface area contributed by atoms with E-state index in [1.807, 2.05) is 13.1 Å². The molecule has 0 aromatic carbocycles. The summed E-state index contributed by atoms with van der Waals surface area (Å²) in [4.78, 5) is 4.24. The van der Waals surface area contributed by atoms with Crippen LogP contribution in [0.1, 0.15) is 29.9 Å². The highest BCUT2D eigenvalue weighted by Crippen LogP contribution is 2.40. The lowest BCUT2D eigenvalue weighted by Crippen LogP contribution is -1.92. The molecule has 1 fully saturated rings. The normalized spacial score (nSPS) is 16.2. The molecule has 1 aliphatic carbocycles. The maximum atomic E-state index is 5.09. The van der Waals surface area contributed by atoms with Gasteiger partial charge in [0, 0.05) is 11.8 Å². The van der Waals surface area contributed by atoms with Gasteiger partial charge in [-0.15, -0.1) is 0 Å². The molecular formula is C10H13NO.